The Labute approximate surface area is 112 Å². The van der Waals surface area contributed by atoms with Gasteiger partial charge in [-0.2, -0.15) is 5.26 Å². The molecule has 0 aromatic carbocycles. The van der Waals surface area contributed by atoms with Gasteiger partial charge >= 0.3 is 5.97 Å². The number of hydrogen-bond donors (Lipinski definition) is 1. The fraction of sp³-hybridized carbons (Fsp3) is 0.538. The molecule has 1 heterocycles. The van der Waals surface area contributed by atoms with E-state index >= 15 is 0 Å². The molecule has 1 rings (SSSR count). The van der Waals surface area contributed by atoms with Crippen LogP contribution in [0.5, 0.6) is 0 Å². The second-order valence-corrected chi connectivity index (χ2v) is 5.97. The van der Waals surface area contributed by atoms with Crippen molar-refractivity contribution < 1.29 is 9.53 Å². The molecule has 0 radical (unpaired) electrons. The van der Waals surface area contributed by atoms with Crippen LogP contribution >= 0.6 is 11.3 Å². The van der Waals surface area contributed by atoms with Crippen LogP contribution in [0.2, 0.25) is 0 Å². The molecule has 0 amide bonds. The van der Waals surface area contributed by atoms with Crippen molar-refractivity contribution in [1.29, 1.82) is 5.26 Å². The Kier molecular flexibility index (Phi) is 5.32. The van der Waals surface area contributed by atoms with Gasteiger partial charge in [0.25, 0.3) is 0 Å². The van der Waals surface area contributed by atoms with E-state index in [2.05, 4.69) is 16.1 Å². The molecule has 18 heavy (non-hydrogen) atoms. The fourth-order valence-electron chi connectivity index (χ4n) is 1.36. The minimum Gasteiger partial charge on any atom is -0.469 e. The van der Waals surface area contributed by atoms with Crippen molar-refractivity contribution in [1.82, 2.24) is 5.32 Å². The summed E-state index contributed by atoms with van der Waals surface area (Å²) in [6.45, 7) is 5.17. The topological polar surface area (TPSA) is 62.1 Å². The average molecular weight is 266 g/mol. The summed E-state index contributed by atoms with van der Waals surface area (Å²) < 4.78 is 4.62. The summed E-state index contributed by atoms with van der Waals surface area (Å²) in [6.07, 6.45) is 0.324. The number of esters is 1. The molecule has 0 saturated carbocycles. The molecule has 0 fully saturated rings. The first-order valence-corrected chi connectivity index (χ1v) is 6.55. The lowest BCUT2D eigenvalue weighted by Gasteiger charge is -2.15. The highest BCUT2D eigenvalue weighted by Crippen LogP contribution is 2.18. The lowest BCUT2D eigenvalue weighted by Crippen LogP contribution is -2.27. The second kappa shape index (κ2) is 6.53. The van der Waals surface area contributed by atoms with Crippen molar-refractivity contribution in [2.75, 3.05) is 13.7 Å². The molecule has 1 N–H and O–H groups in total. The Morgan fingerprint density at radius 2 is 2.17 bits per heavy atom. The summed E-state index contributed by atoms with van der Waals surface area (Å²) in [4.78, 5) is 13.3. The van der Waals surface area contributed by atoms with Crippen LogP contribution < -0.4 is 5.32 Å². The maximum atomic E-state index is 11.1. The van der Waals surface area contributed by atoms with Crippen LogP contribution in [0.3, 0.4) is 0 Å². The van der Waals surface area contributed by atoms with Crippen molar-refractivity contribution in [3.8, 4) is 6.07 Å². The van der Waals surface area contributed by atoms with Crippen LogP contribution in [0.25, 0.3) is 0 Å². The number of rotatable bonds is 6. The van der Waals surface area contributed by atoms with E-state index in [-0.39, 0.29) is 11.4 Å². The SMILES string of the molecule is COC(=O)Cc1ccc(CNCC(C)(C)C#N)s1. The zero-order valence-electron chi connectivity index (χ0n) is 10.9. The van der Waals surface area contributed by atoms with E-state index in [1.54, 1.807) is 11.3 Å². The number of hydrogen-bond acceptors (Lipinski definition) is 5. The molecule has 0 unspecified atom stereocenters. The van der Waals surface area contributed by atoms with Gasteiger partial charge in [0.1, 0.15) is 0 Å². The Morgan fingerprint density at radius 3 is 2.78 bits per heavy atom. The Hall–Kier alpha value is -1.38. The highest BCUT2D eigenvalue weighted by Gasteiger charge is 2.15. The maximum Gasteiger partial charge on any atom is 0.310 e. The molecule has 0 spiro atoms. The van der Waals surface area contributed by atoms with E-state index in [9.17, 15) is 4.79 Å². The summed E-state index contributed by atoms with van der Waals surface area (Å²) in [5, 5.41) is 12.1. The summed E-state index contributed by atoms with van der Waals surface area (Å²) in [6, 6.07) is 6.18. The number of nitrogens with zero attached hydrogens (tertiary/aromatic N) is 1. The number of thiophene rings is 1. The Bertz CT molecular complexity index is 446. The number of ether oxygens (including phenoxy) is 1. The molecule has 0 atom stereocenters. The molecule has 4 nitrogen and oxygen atoms in total. The van der Waals surface area contributed by atoms with Gasteiger partial charge < -0.3 is 10.1 Å². The van der Waals surface area contributed by atoms with Crippen molar-refractivity contribution >= 4 is 17.3 Å². The van der Waals surface area contributed by atoms with Gasteiger partial charge in [-0.1, -0.05) is 0 Å². The zero-order valence-corrected chi connectivity index (χ0v) is 11.8. The number of carbonyl (C=O) groups excluding carboxylic acids is 1. The molecule has 0 aliphatic carbocycles. The maximum absolute atomic E-state index is 11.1. The predicted octanol–water partition coefficient (Wildman–Crippen LogP) is 2.10. The number of carbonyl (C=O) groups is 1. The van der Waals surface area contributed by atoms with Gasteiger partial charge in [0.05, 0.1) is 25.0 Å². The Morgan fingerprint density at radius 1 is 1.50 bits per heavy atom. The molecule has 0 aliphatic rings. The smallest absolute Gasteiger partial charge is 0.310 e. The molecule has 0 saturated heterocycles. The van der Waals surface area contributed by atoms with E-state index < -0.39 is 0 Å². The number of methoxy groups -OCH3 is 1. The van der Waals surface area contributed by atoms with E-state index in [0.717, 1.165) is 16.3 Å². The average Bonchev–Trinajstić information content (AvgIpc) is 2.76. The lowest BCUT2D eigenvalue weighted by molar-refractivity contribution is -0.139. The van der Waals surface area contributed by atoms with E-state index in [1.165, 1.54) is 7.11 Å². The van der Waals surface area contributed by atoms with E-state index in [1.807, 2.05) is 26.0 Å². The number of nitrogens with one attached hydrogen (secondary N) is 1. The highest BCUT2D eigenvalue weighted by molar-refractivity contribution is 7.12. The summed E-state index contributed by atoms with van der Waals surface area (Å²) >= 11 is 1.59. The van der Waals surface area contributed by atoms with Crippen molar-refractivity contribution in [3.63, 3.8) is 0 Å². The largest absolute Gasteiger partial charge is 0.469 e. The quantitative estimate of drug-likeness (QED) is 0.801. The van der Waals surface area contributed by atoms with Gasteiger partial charge in [0, 0.05) is 22.8 Å². The molecular weight excluding hydrogens is 248 g/mol. The molecule has 0 aliphatic heterocycles. The third-order valence-electron chi connectivity index (χ3n) is 2.43. The van der Waals surface area contributed by atoms with Crippen LogP contribution in [-0.2, 0) is 22.5 Å². The first kappa shape index (κ1) is 14.7. The van der Waals surface area contributed by atoms with Crippen molar-refractivity contribution in [2.45, 2.75) is 26.8 Å². The highest BCUT2D eigenvalue weighted by atomic mass is 32.1. The standard InChI is InChI=1S/C13H18N2O2S/c1-13(2,8-14)9-15-7-11-5-4-10(18-11)6-12(16)17-3/h4-5,15H,6-7,9H2,1-3H3. The molecule has 0 bridgehead atoms. The molecule has 5 heteroatoms. The van der Waals surface area contributed by atoms with Crippen LogP contribution in [0.4, 0.5) is 0 Å². The molecule has 1 aromatic heterocycles. The fourth-order valence-corrected chi connectivity index (χ4v) is 2.34. The van der Waals surface area contributed by atoms with Crippen LogP contribution in [0.15, 0.2) is 12.1 Å². The molecule has 1 aromatic rings. The normalized spacial score (nSPS) is 11.0. The zero-order chi connectivity index (χ0) is 13.6. The van der Waals surface area contributed by atoms with Crippen LogP contribution in [-0.4, -0.2) is 19.6 Å². The predicted molar refractivity (Wildman–Crippen MR) is 71.1 cm³/mol. The lowest BCUT2D eigenvalue weighted by atomic mass is 9.96. The molecule has 98 valence electrons. The summed E-state index contributed by atoms with van der Waals surface area (Å²) in [5.74, 6) is -0.220. The first-order chi connectivity index (χ1) is 8.46. The minimum absolute atomic E-state index is 0.220. The van der Waals surface area contributed by atoms with Gasteiger partial charge in [0.2, 0.25) is 0 Å². The third kappa shape index (κ3) is 4.86. The Balaban J connectivity index is 2.41. The van der Waals surface area contributed by atoms with Gasteiger partial charge in [-0.15, -0.1) is 11.3 Å². The number of nitriles is 1. The van der Waals surface area contributed by atoms with Crippen molar-refractivity contribution in [2.24, 2.45) is 5.41 Å². The first-order valence-electron chi connectivity index (χ1n) is 5.73. The van der Waals surface area contributed by atoms with Gasteiger partial charge in [-0.05, 0) is 26.0 Å². The van der Waals surface area contributed by atoms with E-state index in [0.29, 0.717) is 13.0 Å². The van der Waals surface area contributed by atoms with Gasteiger partial charge in [-0.25, -0.2) is 0 Å². The van der Waals surface area contributed by atoms with E-state index in [4.69, 9.17) is 5.26 Å². The summed E-state index contributed by atoms with van der Waals surface area (Å²) in [5.41, 5.74) is -0.355. The minimum atomic E-state index is -0.355. The van der Waals surface area contributed by atoms with Crippen LogP contribution in [0, 0.1) is 16.7 Å². The second-order valence-electron chi connectivity index (χ2n) is 4.72. The monoisotopic (exact) mass is 266 g/mol. The van der Waals surface area contributed by atoms with Crippen molar-refractivity contribution in [3.05, 3.63) is 21.9 Å². The van der Waals surface area contributed by atoms with Gasteiger partial charge in [-0.3, -0.25) is 4.79 Å². The van der Waals surface area contributed by atoms with Crippen LogP contribution in [0.1, 0.15) is 23.6 Å². The molecular formula is C13H18N2O2S. The van der Waals surface area contributed by atoms with Gasteiger partial charge in [0.15, 0.2) is 0 Å². The summed E-state index contributed by atoms with van der Waals surface area (Å²) in [7, 11) is 1.39. The third-order valence-corrected chi connectivity index (χ3v) is 3.52.